The van der Waals surface area contributed by atoms with Crippen LogP contribution < -0.4 is 10.6 Å². The van der Waals surface area contributed by atoms with Gasteiger partial charge in [0, 0.05) is 11.3 Å². The van der Waals surface area contributed by atoms with E-state index < -0.39 is 23.5 Å². The van der Waals surface area contributed by atoms with Crippen molar-refractivity contribution in [3.63, 3.8) is 0 Å². The molecule has 0 spiro atoms. The van der Waals surface area contributed by atoms with Crippen molar-refractivity contribution in [2.75, 3.05) is 10.6 Å². The number of halogens is 4. The fraction of sp³-hybridized carbons (Fsp3) is 0.0556. The first-order chi connectivity index (χ1) is 12.8. The lowest BCUT2D eigenvalue weighted by Crippen LogP contribution is -2.13. The van der Waals surface area contributed by atoms with Crippen molar-refractivity contribution in [1.82, 2.24) is 10.2 Å². The van der Waals surface area contributed by atoms with Crippen LogP contribution in [0.3, 0.4) is 0 Å². The number of carbonyl (C=O) groups excluding carboxylic acids is 1. The molecule has 27 heavy (non-hydrogen) atoms. The molecular weight excluding hydrogens is 364 g/mol. The number of hydrogen-bond donors (Lipinski definition) is 2. The quantitative estimate of drug-likeness (QED) is 0.652. The maximum Gasteiger partial charge on any atom is 0.416 e. The molecule has 0 aliphatic rings. The number of hydrogen-bond acceptors (Lipinski definition) is 4. The summed E-state index contributed by atoms with van der Waals surface area (Å²) < 4.78 is 51.0. The smallest absolute Gasteiger partial charge is 0.339 e. The summed E-state index contributed by atoms with van der Waals surface area (Å²) in [4.78, 5) is 12.0. The minimum Gasteiger partial charge on any atom is -0.339 e. The van der Waals surface area contributed by atoms with Gasteiger partial charge in [0.2, 0.25) is 0 Å². The van der Waals surface area contributed by atoms with E-state index in [0.717, 1.165) is 24.3 Å². The van der Waals surface area contributed by atoms with E-state index in [2.05, 4.69) is 20.8 Å². The number of alkyl halides is 3. The highest BCUT2D eigenvalue weighted by Gasteiger charge is 2.30. The van der Waals surface area contributed by atoms with Gasteiger partial charge < -0.3 is 10.6 Å². The molecule has 0 unspecified atom stereocenters. The minimum atomic E-state index is -4.45. The summed E-state index contributed by atoms with van der Waals surface area (Å²) in [5.41, 5.74) is -0.352. The number of rotatable bonds is 4. The van der Waals surface area contributed by atoms with Crippen LogP contribution in [0, 0.1) is 5.82 Å². The Hall–Kier alpha value is -3.49. The van der Waals surface area contributed by atoms with Gasteiger partial charge in [0.1, 0.15) is 5.82 Å². The molecule has 1 amide bonds. The number of nitrogens with one attached hydrogen (secondary N) is 2. The van der Waals surface area contributed by atoms with Crippen LogP contribution in [-0.4, -0.2) is 16.1 Å². The van der Waals surface area contributed by atoms with E-state index in [-0.39, 0.29) is 22.9 Å². The Bertz CT molecular complexity index is 941. The zero-order valence-corrected chi connectivity index (χ0v) is 13.6. The maximum absolute atomic E-state index is 12.9. The third-order valence-electron chi connectivity index (χ3n) is 3.47. The monoisotopic (exact) mass is 376 g/mol. The molecule has 0 aliphatic carbocycles. The lowest BCUT2D eigenvalue weighted by Gasteiger charge is -2.10. The molecular formula is C18H12F4N4O. The molecule has 9 heteroatoms. The van der Waals surface area contributed by atoms with Crippen LogP contribution in [0.15, 0.2) is 60.7 Å². The van der Waals surface area contributed by atoms with Gasteiger partial charge in [-0.15, -0.1) is 10.2 Å². The lowest BCUT2D eigenvalue weighted by atomic mass is 10.2. The summed E-state index contributed by atoms with van der Waals surface area (Å²) in [7, 11) is 0. The number of nitrogens with zero attached hydrogens (tertiary/aromatic N) is 2. The Balaban J connectivity index is 1.67. The van der Waals surface area contributed by atoms with E-state index in [1.807, 2.05) is 0 Å². The standard InChI is InChI=1S/C18H12F4N4O/c19-13-6-4-11(5-7-13)17(27)24-16-9-8-15(25-26-16)23-14-3-1-2-12(10-14)18(20,21)22/h1-10H,(H,23,25)(H,24,26,27). The van der Waals surface area contributed by atoms with Gasteiger partial charge in [-0.3, -0.25) is 4.79 Å². The fourth-order valence-corrected chi connectivity index (χ4v) is 2.18. The predicted octanol–water partition coefficient (Wildman–Crippen LogP) is 4.63. The third kappa shape index (κ3) is 4.78. The van der Waals surface area contributed by atoms with Gasteiger partial charge in [-0.1, -0.05) is 6.07 Å². The van der Waals surface area contributed by atoms with Crippen molar-refractivity contribution in [2.24, 2.45) is 0 Å². The van der Waals surface area contributed by atoms with Crippen LogP contribution in [0.25, 0.3) is 0 Å². The minimum absolute atomic E-state index is 0.138. The molecule has 0 saturated carbocycles. The summed E-state index contributed by atoms with van der Waals surface area (Å²) in [5, 5.41) is 12.8. The molecule has 0 aliphatic heterocycles. The molecule has 1 aromatic heterocycles. The molecule has 0 bridgehead atoms. The Morgan fingerprint density at radius 3 is 2.19 bits per heavy atom. The fourth-order valence-electron chi connectivity index (χ4n) is 2.18. The van der Waals surface area contributed by atoms with Crippen LogP contribution >= 0.6 is 0 Å². The molecule has 0 saturated heterocycles. The maximum atomic E-state index is 12.9. The van der Waals surface area contributed by atoms with Crippen LogP contribution in [-0.2, 0) is 6.18 Å². The van der Waals surface area contributed by atoms with Gasteiger partial charge in [-0.25, -0.2) is 4.39 Å². The molecule has 138 valence electrons. The summed E-state index contributed by atoms with van der Waals surface area (Å²) in [5.74, 6) is -0.618. The van der Waals surface area contributed by atoms with E-state index in [0.29, 0.717) is 0 Å². The molecule has 3 aromatic rings. The first-order valence-corrected chi connectivity index (χ1v) is 7.66. The summed E-state index contributed by atoms with van der Waals surface area (Å²) in [6, 6.07) is 12.5. The molecule has 2 N–H and O–H groups in total. The molecule has 0 radical (unpaired) electrons. The van der Waals surface area contributed by atoms with Crippen molar-refractivity contribution < 1.29 is 22.4 Å². The lowest BCUT2D eigenvalue weighted by molar-refractivity contribution is -0.137. The average Bonchev–Trinajstić information content (AvgIpc) is 2.63. The Kier molecular flexibility index (Phi) is 5.02. The van der Waals surface area contributed by atoms with Crippen LogP contribution in [0.2, 0.25) is 0 Å². The average molecular weight is 376 g/mol. The number of carbonyl (C=O) groups is 1. The molecule has 5 nitrogen and oxygen atoms in total. The van der Waals surface area contributed by atoms with Crippen molar-refractivity contribution >= 4 is 23.2 Å². The molecule has 3 rings (SSSR count). The van der Waals surface area contributed by atoms with E-state index in [1.165, 1.54) is 36.4 Å². The van der Waals surface area contributed by atoms with Gasteiger partial charge in [0.15, 0.2) is 11.6 Å². The number of amides is 1. The van der Waals surface area contributed by atoms with Gasteiger partial charge in [-0.05, 0) is 54.6 Å². The summed E-state index contributed by atoms with van der Waals surface area (Å²) >= 11 is 0. The number of benzene rings is 2. The normalized spacial score (nSPS) is 11.1. The van der Waals surface area contributed by atoms with Gasteiger partial charge in [0.25, 0.3) is 5.91 Å². The molecule has 2 aromatic carbocycles. The van der Waals surface area contributed by atoms with Crippen molar-refractivity contribution in [3.8, 4) is 0 Å². The first kappa shape index (κ1) is 18.3. The van der Waals surface area contributed by atoms with Crippen LogP contribution in [0.5, 0.6) is 0 Å². The van der Waals surface area contributed by atoms with E-state index in [1.54, 1.807) is 0 Å². The van der Waals surface area contributed by atoms with Crippen molar-refractivity contribution in [3.05, 3.63) is 77.6 Å². The summed E-state index contributed by atoms with van der Waals surface area (Å²) in [6.07, 6.45) is -4.45. The van der Waals surface area contributed by atoms with E-state index in [4.69, 9.17) is 0 Å². The Morgan fingerprint density at radius 1 is 0.889 bits per heavy atom. The van der Waals surface area contributed by atoms with Gasteiger partial charge in [-0.2, -0.15) is 13.2 Å². The van der Waals surface area contributed by atoms with E-state index >= 15 is 0 Å². The Labute approximate surface area is 151 Å². The zero-order chi connectivity index (χ0) is 19.4. The number of anilines is 3. The highest BCUT2D eigenvalue weighted by atomic mass is 19.4. The molecule has 0 atom stereocenters. The molecule has 0 fully saturated rings. The van der Waals surface area contributed by atoms with Gasteiger partial charge >= 0.3 is 6.18 Å². The second-order valence-electron chi connectivity index (χ2n) is 5.47. The van der Waals surface area contributed by atoms with Gasteiger partial charge in [0.05, 0.1) is 5.56 Å². The highest BCUT2D eigenvalue weighted by Crippen LogP contribution is 2.31. The first-order valence-electron chi connectivity index (χ1n) is 7.66. The summed E-state index contributed by atoms with van der Waals surface area (Å²) in [6.45, 7) is 0. The predicted molar refractivity (Wildman–Crippen MR) is 91.1 cm³/mol. The van der Waals surface area contributed by atoms with Crippen LogP contribution in [0.1, 0.15) is 15.9 Å². The Morgan fingerprint density at radius 2 is 1.56 bits per heavy atom. The third-order valence-corrected chi connectivity index (χ3v) is 3.47. The van der Waals surface area contributed by atoms with Crippen molar-refractivity contribution in [1.29, 1.82) is 0 Å². The largest absolute Gasteiger partial charge is 0.416 e. The van der Waals surface area contributed by atoms with E-state index in [9.17, 15) is 22.4 Å². The van der Waals surface area contributed by atoms with Crippen LogP contribution in [0.4, 0.5) is 34.9 Å². The SMILES string of the molecule is O=C(Nc1ccc(Nc2cccc(C(F)(F)F)c2)nn1)c1ccc(F)cc1. The zero-order valence-electron chi connectivity index (χ0n) is 13.6. The topological polar surface area (TPSA) is 66.9 Å². The molecule has 1 heterocycles. The van der Waals surface area contributed by atoms with Crippen molar-refractivity contribution in [2.45, 2.75) is 6.18 Å². The number of aromatic nitrogens is 2. The highest BCUT2D eigenvalue weighted by molar-refractivity contribution is 6.03. The second-order valence-corrected chi connectivity index (χ2v) is 5.47. The second kappa shape index (κ2) is 7.40.